The first-order valence-corrected chi connectivity index (χ1v) is 9.19. The third-order valence-corrected chi connectivity index (χ3v) is 5.64. The monoisotopic (exact) mass is 377 g/mol. The van der Waals surface area contributed by atoms with Crippen LogP contribution in [0.5, 0.6) is 5.75 Å². The van der Waals surface area contributed by atoms with E-state index in [2.05, 4.69) is 6.07 Å². The summed E-state index contributed by atoms with van der Waals surface area (Å²) in [5.41, 5.74) is 4.01. The Morgan fingerprint density at radius 2 is 2.11 bits per heavy atom. The summed E-state index contributed by atoms with van der Waals surface area (Å²) in [6.45, 7) is 3.13. The Morgan fingerprint density at radius 1 is 1.29 bits per heavy atom. The molecule has 1 atom stereocenters. The van der Waals surface area contributed by atoms with Crippen molar-refractivity contribution < 1.29 is 14.6 Å². The largest absolute Gasteiger partial charge is 0.489 e. The molecular weight excluding hydrogens is 358 g/mol. The van der Waals surface area contributed by atoms with E-state index in [1.807, 2.05) is 29.7 Å². The molecule has 28 heavy (non-hydrogen) atoms. The van der Waals surface area contributed by atoms with E-state index in [0.717, 1.165) is 29.8 Å². The van der Waals surface area contributed by atoms with Crippen LogP contribution < -0.4 is 21.0 Å². The average Bonchev–Trinajstić information content (AvgIpc) is 3.06. The van der Waals surface area contributed by atoms with E-state index in [1.165, 1.54) is 11.8 Å². The molecule has 3 N–H and O–H groups in total. The van der Waals surface area contributed by atoms with Crippen molar-refractivity contribution in [3.63, 3.8) is 0 Å². The predicted molar refractivity (Wildman–Crippen MR) is 106 cm³/mol. The highest BCUT2D eigenvalue weighted by atomic mass is 16.5. The Labute approximate surface area is 160 Å². The van der Waals surface area contributed by atoms with E-state index in [0.29, 0.717) is 23.3 Å². The number of fused-ring (bicyclic) bond motifs is 1. The Kier molecular flexibility index (Phi) is 3.51. The van der Waals surface area contributed by atoms with Crippen molar-refractivity contribution in [2.45, 2.75) is 19.4 Å². The van der Waals surface area contributed by atoms with E-state index in [4.69, 9.17) is 10.6 Å². The van der Waals surface area contributed by atoms with Gasteiger partial charge in [-0.3, -0.25) is 4.79 Å². The molecule has 0 amide bonds. The molecule has 0 bridgehead atoms. The molecule has 2 aromatic carbocycles. The molecule has 7 nitrogen and oxygen atoms in total. The topological polar surface area (TPSA) is 97.8 Å². The first-order valence-electron chi connectivity index (χ1n) is 9.19. The number of hydrazine groups is 1. The highest BCUT2D eigenvalue weighted by Gasteiger charge is 2.26. The summed E-state index contributed by atoms with van der Waals surface area (Å²) in [7, 11) is 0. The quantitative estimate of drug-likeness (QED) is 0.666. The third-order valence-electron chi connectivity index (χ3n) is 5.64. The molecule has 3 heterocycles. The van der Waals surface area contributed by atoms with Crippen molar-refractivity contribution >= 4 is 22.6 Å². The second-order valence-corrected chi connectivity index (χ2v) is 7.37. The Morgan fingerprint density at radius 3 is 2.89 bits per heavy atom. The highest BCUT2D eigenvalue weighted by Crippen LogP contribution is 2.41. The number of carboxylic acids is 1. The van der Waals surface area contributed by atoms with Gasteiger partial charge in [-0.1, -0.05) is 6.07 Å². The van der Waals surface area contributed by atoms with E-state index >= 15 is 0 Å². The van der Waals surface area contributed by atoms with Gasteiger partial charge in [0.1, 0.15) is 12.2 Å². The maximum Gasteiger partial charge on any atom is 0.341 e. The summed E-state index contributed by atoms with van der Waals surface area (Å²) in [5, 5.41) is 11.5. The molecule has 0 fully saturated rings. The summed E-state index contributed by atoms with van der Waals surface area (Å²) >= 11 is 0. The van der Waals surface area contributed by atoms with Gasteiger partial charge in [-0.25, -0.2) is 10.6 Å². The van der Waals surface area contributed by atoms with E-state index in [-0.39, 0.29) is 11.6 Å². The second-order valence-electron chi connectivity index (χ2n) is 7.37. The lowest BCUT2D eigenvalue weighted by molar-refractivity contribution is 0.0694. The third kappa shape index (κ3) is 2.26. The van der Waals surface area contributed by atoms with Gasteiger partial charge in [0.15, 0.2) is 5.75 Å². The molecule has 0 radical (unpaired) electrons. The fourth-order valence-electron chi connectivity index (χ4n) is 4.17. The van der Waals surface area contributed by atoms with Crippen LogP contribution >= 0.6 is 0 Å². The van der Waals surface area contributed by atoms with Crippen LogP contribution in [0.2, 0.25) is 0 Å². The maximum atomic E-state index is 12.7. The molecule has 5 rings (SSSR count). The van der Waals surface area contributed by atoms with Crippen molar-refractivity contribution in [3.05, 3.63) is 57.9 Å². The molecule has 0 saturated heterocycles. The standard InChI is InChI=1S/C21H19N3O4/c1-11-10-28-20-14(12-2-5-17-13(8-12)6-7-24(17)22)3-4-15-18(20)23(11)9-16(19(15)25)21(26)27/h2-5,8-9,11H,6-7,10,22H2,1H3,(H,26,27). The first-order chi connectivity index (χ1) is 13.5. The minimum absolute atomic E-state index is 0.0743. The molecule has 2 aliphatic rings. The van der Waals surface area contributed by atoms with E-state index in [9.17, 15) is 14.7 Å². The molecule has 3 aromatic rings. The smallest absolute Gasteiger partial charge is 0.341 e. The van der Waals surface area contributed by atoms with Gasteiger partial charge in [0.05, 0.1) is 22.6 Å². The zero-order valence-electron chi connectivity index (χ0n) is 15.3. The number of hydrogen-bond acceptors (Lipinski definition) is 5. The average molecular weight is 377 g/mol. The van der Waals surface area contributed by atoms with Crippen molar-refractivity contribution in [2.24, 2.45) is 5.84 Å². The summed E-state index contributed by atoms with van der Waals surface area (Å²) in [4.78, 5) is 24.2. The Bertz CT molecular complexity index is 1210. The molecule has 7 heteroatoms. The number of carboxylic acid groups (broad SMARTS) is 1. The van der Waals surface area contributed by atoms with Crippen LogP contribution in [-0.4, -0.2) is 28.8 Å². The van der Waals surface area contributed by atoms with Crippen molar-refractivity contribution in [2.75, 3.05) is 18.2 Å². The van der Waals surface area contributed by atoms with Crippen LogP contribution in [0, 0.1) is 0 Å². The number of carbonyl (C=O) groups is 1. The van der Waals surface area contributed by atoms with Gasteiger partial charge in [0.25, 0.3) is 0 Å². The molecule has 0 aliphatic carbocycles. The van der Waals surface area contributed by atoms with Gasteiger partial charge in [0, 0.05) is 18.3 Å². The number of aromatic nitrogens is 1. The number of pyridine rings is 1. The first kappa shape index (κ1) is 16.8. The van der Waals surface area contributed by atoms with Gasteiger partial charge in [0.2, 0.25) is 5.43 Å². The number of nitrogens with zero attached hydrogens (tertiary/aromatic N) is 2. The molecule has 1 unspecified atom stereocenters. The van der Waals surface area contributed by atoms with E-state index < -0.39 is 11.4 Å². The fraction of sp³-hybridized carbons (Fsp3) is 0.238. The summed E-state index contributed by atoms with van der Waals surface area (Å²) in [6, 6.07) is 9.56. The molecule has 2 aliphatic heterocycles. The number of hydrogen-bond donors (Lipinski definition) is 2. The predicted octanol–water partition coefficient (Wildman–Crippen LogP) is 2.56. The van der Waals surface area contributed by atoms with E-state index in [1.54, 1.807) is 11.1 Å². The van der Waals surface area contributed by atoms with Crippen LogP contribution in [0.3, 0.4) is 0 Å². The lowest BCUT2D eigenvalue weighted by Crippen LogP contribution is -2.27. The van der Waals surface area contributed by atoms with Gasteiger partial charge in [-0.2, -0.15) is 0 Å². The number of ether oxygens (including phenoxy) is 1. The van der Waals surface area contributed by atoms with Gasteiger partial charge < -0.3 is 19.4 Å². The van der Waals surface area contributed by atoms with Crippen molar-refractivity contribution in [1.29, 1.82) is 0 Å². The summed E-state index contributed by atoms with van der Waals surface area (Å²) in [5.74, 6) is 5.39. The number of anilines is 1. The van der Waals surface area contributed by atoms with Crippen molar-refractivity contribution in [3.8, 4) is 16.9 Å². The minimum Gasteiger partial charge on any atom is -0.489 e. The number of benzene rings is 2. The van der Waals surface area contributed by atoms with Crippen LogP contribution in [0.4, 0.5) is 5.69 Å². The Hall–Kier alpha value is -3.32. The number of nitrogens with two attached hydrogens (primary N) is 1. The lowest BCUT2D eigenvalue weighted by atomic mass is 9.97. The minimum atomic E-state index is -1.22. The maximum absolute atomic E-state index is 12.7. The molecule has 142 valence electrons. The summed E-state index contributed by atoms with van der Waals surface area (Å²) in [6.07, 6.45) is 2.32. The van der Waals surface area contributed by atoms with Gasteiger partial charge in [-0.15, -0.1) is 0 Å². The SMILES string of the molecule is CC1COc2c(-c3ccc4c(c3)CCN4N)ccc3c(=O)c(C(=O)O)cn1c23. The Balaban J connectivity index is 1.79. The number of rotatable bonds is 2. The zero-order chi connectivity index (χ0) is 19.6. The van der Waals surface area contributed by atoms with Crippen LogP contribution in [0.1, 0.15) is 28.9 Å². The molecule has 0 spiro atoms. The highest BCUT2D eigenvalue weighted by molar-refractivity contribution is 5.98. The van der Waals surface area contributed by atoms with Crippen molar-refractivity contribution in [1.82, 2.24) is 4.57 Å². The molecule has 0 saturated carbocycles. The van der Waals surface area contributed by atoms with Crippen LogP contribution in [0.25, 0.3) is 22.0 Å². The van der Waals surface area contributed by atoms with Crippen LogP contribution in [-0.2, 0) is 6.42 Å². The van der Waals surface area contributed by atoms with Gasteiger partial charge in [-0.05, 0) is 48.7 Å². The molecule has 1 aromatic heterocycles. The number of aromatic carboxylic acids is 1. The van der Waals surface area contributed by atoms with Crippen LogP contribution in [0.15, 0.2) is 41.3 Å². The molecular formula is C21H19N3O4. The summed E-state index contributed by atoms with van der Waals surface area (Å²) < 4.78 is 7.89. The normalized spacial score (nSPS) is 17.5. The fourth-order valence-corrected chi connectivity index (χ4v) is 4.17. The second kappa shape index (κ2) is 5.84. The lowest BCUT2D eigenvalue weighted by Gasteiger charge is -2.28. The van der Waals surface area contributed by atoms with Gasteiger partial charge >= 0.3 is 5.97 Å². The zero-order valence-corrected chi connectivity index (χ0v) is 15.3.